The molecule has 1 N–H and O–H groups in total. The molecular weight excluding hydrogens is 276 g/mol. The van der Waals surface area contributed by atoms with Crippen LogP contribution in [0.15, 0.2) is 0 Å². The summed E-state index contributed by atoms with van der Waals surface area (Å²) < 4.78 is 5.24. The van der Waals surface area contributed by atoms with Gasteiger partial charge in [0.05, 0.1) is 11.8 Å². The van der Waals surface area contributed by atoms with Crippen molar-refractivity contribution in [3.63, 3.8) is 0 Å². The Morgan fingerprint density at radius 2 is 2.00 bits per heavy atom. The van der Waals surface area contributed by atoms with Gasteiger partial charge in [0.1, 0.15) is 16.0 Å². The number of nitrogens with zero attached hydrogens (tertiary/aromatic N) is 2. The predicted octanol–water partition coefficient (Wildman–Crippen LogP) is 2.39. The first-order valence-corrected chi connectivity index (χ1v) is 7.58. The Balaban J connectivity index is 3.03. The Labute approximate surface area is 124 Å². The minimum atomic E-state index is -0.549. The first-order valence-electron chi connectivity index (χ1n) is 6.77. The van der Waals surface area contributed by atoms with Crippen molar-refractivity contribution in [2.75, 3.05) is 13.7 Å². The molecule has 6 heteroatoms. The average molecular weight is 300 g/mol. The highest BCUT2D eigenvalue weighted by Gasteiger charge is 2.25. The number of aromatic nitrogens is 1. The molecule has 1 aromatic rings. The third kappa shape index (κ3) is 4.01. The number of rotatable bonds is 6. The van der Waals surface area contributed by atoms with E-state index in [9.17, 15) is 9.90 Å². The minimum Gasteiger partial charge on any atom is -0.392 e. The van der Waals surface area contributed by atoms with Crippen LogP contribution in [0.2, 0.25) is 0 Å². The van der Waals surface area contributed by atoms with Crippen LogP contribution in [-0.2, 0) is 4.74 Å². The molecule has 0 fully saturated rings. The van der Waals surface area contributed by atoms with Gasteiger partial charge in [-0.1, -0.05) is 0 Å². The zero-order valence-corrected chi connectivity index (χ0v) is 13.8. The summed E-state index contributed by atoms with van der Waals surface area (Å²) in [5.41, 5.74) is 0.718. The number of aliphatic hydroxyl groups is 1. The number of aliphatic hydroxyl groups excluding tert-OH is 1. The van der Waals surface area contributed by atoms with Gasteiger partial charge in [-0.25, -0.2) is 4.98 Å². The highest BCUT2D eigenvalue weighted by molar-refractivity contribution is 7.13. The molecule has 5 nitrogen and oxygen atoms in total. The lowest BCUT2D eigenvalue weighted by molar-refractivity contribution is 0.0582. The summed E-state index contributed by atoms with van der Waals surface area (Å²) in [6, 6.07) is 0.0295. The Morgan fingerprint density at radius 1 is 1.40 bits per heavy atom. The van der Waals surface area contributed by atoms with Crippen LogP contribution in [0.3, 0.4) is 0 Å². The molecular formula is C14H24N2O3S. The van der Waals surface area contributed by atoms with E-state index in [0.717, 1.165) is 10.7 Å². The van der Waals surface area contributed by atoms with Gasteiger partial charge in [0.15, 0.2) is 0 Å². The Hall–Kier alpha value is -0.980. The number of methoxy groups -OCH3 is 1. The van der Waals surface area contributed by atoms with Crippen LogP contribution in [0, 0.1) is 6.92 Å². The van der Waals surface area contributed by atoms with Crippen LogP contribution >= 0.6 is 11.3 Å². The van der Waals surface area contributed by atoms with E-state index in [-0.39, 0.29) is 18.1 Å². The molecule has 0 radical (unpaired) electrons. The highest BCUT2D eigenvalue weighted by atomic mass is 32.1. The molecule has 1 amide bonds. The van der Waals surface area contributed by atoms with Gasteiger partial charge in [-0.05, 0) is 34.6 Å². The third-order valence-electron chi connectivity index (χ3n) is 3.05. The lowest BCUT2D eigenvalue weighted by Gasteiger charge is -2.27. The van der Waals surface area contributed by atoms with Crippen molar-refractivity contribution in [1.29, 1.82) is 0 Å². The van der Waals surface area contributed by atoms with E-state index in [2.05, 4.69) is 4.98 Å². The molecule has 0 aromatic carbocycles. The fourth-order valence-corrected chi connectivity index (χ4v) is 2.89. The van der Waals surface area contributed by atoms with Gasteiger partial charge in [0, 0.05) is 19.7 Å². The van der Waals surface area contributed by atoms with Crippen molar-refractivity contribution >= 4 is 17.2 Å². The molecule has 114 valence electrons. The van der Waals surface area contributed by atoms with Crippen molar-refractivity contribution < 1.29 is 14.6 Å². The van der Waals surface area contributed by atoms with Crippen LogP contribution < -0.4 is 0 Å². The summed E-state index contributed by atoms with van der Waals surface area (Å²) in [4.78, 5) is 19.3. The zero-order chi connectivity index (χ0) is 15.4. The average Bonchev–Trinajstić information content (AvgIpc) is 2.75. The third-order valence-corrected chi connectivity index (χ3v) is 4.36. The zero-order valence-electron chi connectivity index (χ0n) is 13.0. The van der Waals surface area contributed by atoms with Crippen molar-refractivity contribution in [3.05, 3.63) is 15.6 Å². The van der Waals surface area contributed by atoms with Crippen LogP contribution in [0.1, 0.15) is 54.2 Å². The molecule has 20 heavy (non-hydrogen) atoms. The van der Waals surface area contributed by atoms with E-state index < -0.39 is 6.10 Å². The van der Waals surface area contributed by atoms with Gasteiger partial charge in [0.25, 0.3) is 5.91 Å². The lowest BCUT2D eigenvalue weighted by atomic mass is 10.2. The molecule has 0 saturated carbocycles. The second-order valence-corrected chi connectivity index (χ2v) is 6.28. The molecule has 2 atom stereocenters. The Kier molecular flexibility index (Phi) is 6.10. The lowest BCUT2D eigenvalue weighted by Crippen LogP contribution is -2.41. The number of hydrogen-bond donors (Lipinski definition) is 1. The summed E-state index contributed by atoms with van der Waals surface area (Å²) in [5, 5.41) is 10.3. The van der Waals surface area contributed by atoms with E-state index in [0.29, 0.717) is 11.4 Å². The van der Waals surface area contributed by atoms with Gasteiger partial charge < -0.3 is 14.7 Å². The second-order valence-electron chi connectivity index (χ2n) is 5.24. The monoisotopic (exact) mass is 300 g/mol. The van der Waals surface area contributed by atoms with E-state index in [1.54, 1.807) is 18.9 Å². The van der Waals surface area contributed by atoms with E-state index in [4.69, 9.17) is 4.74 Å². The van der Waals surface area contributed by atoms with E-state index in [1.807, 2.05) is 27.7 Å². The van der Waals surface area contributed by atoms with Crippen LogP contribution in [0.5, 0.6) is 0 Å². The maximum absolute atomic E-state index is 12.6. The molecule has 1 aromatic heterocycles. The smallest absolute Gasteiger partial charge is 0.266 e. The Bertz CT molecular complexity index is 457. The summed E-state index contributed by atoms with van der Waals surface area (Å²) in [5.74, 6) is -0.0783. The number of thiazole rings is 1. The summed E-state index contributed by atoms with van der Waals surface area (Å²) in [6.45, 7) is 9.62. The van der Waals surface area contributed by atoms with Crippen molar-refractivity contribution in [3.8, 4) is 0 Å². The van der Waals surface area contributed by atoms with Crippen LogP contribution in [-0.4, -0.2) is 46.7 Å². The fourth-order valence-electron chi connectivity index (χ4n) is 1.83. The maximum Gasteiger partial charge on any atom is 0.266 e. The van der Waals surface area contributed by atoms with Crippen molar-refractivity contribution in [2.45, 2.75) is 52.9 Å². The number of ether oxygens (including phenoxy) is 1. The van der Waals surface area contributed by atoms with Gasteiger partial charge in [-0.15, -0.1) is 11.3 Å². The number of carbonyl (C=O) groups is 1. The second kappa shape index (κ2) is 7.15. The quantitative estimate of drug-likeness (QED) is 0.876. The minimum absolute atomic E-state index is 0.0295. The van der Waals surface area contributed by atoms with Crippen molar-refractivity contribution in [2.24, 2.45) is 0 Å². The molecule has 2 unspecified atom stereocenters. The standard InChI is InChI=1S/C14H24N2O3S/c1-8(2)16(7-9(3)17)14(18)12-10(4)15-13(20-12)11(5)19-6/h8-9,11,17H,7H2,1-6H3. The predicted molar refractivity (Wildman–Crippen MR) is 80.1 cm³/mol. The Morgan fingerprint density at radius 3 is 2.45 bits per heavy atom. The van der Waals surface area contributed by atoms with Gasteiger partial charge in [-0.2, -0.15) is 0 Å². The fraction of sp³-hybridized carbons (Fsp3) is 0.714. The topological polar surface area (TPSA) is 62.7 Å². The molecule has 0 aliphatic heterocycles. The largest absolute Gasteiger partial charge is 0.392 e. The summed E-state index contributed by atoms with van der Waals surface area (Å²) >= 11 is 1.36. The first kappa shape index (κ1) is 17.1. The molecule has 1 rings (SSSR count). The normalized spacial score (nSPS) is 14.4. The summed E-state index contributed by atoms with van der Waals surface area (Å²) in [7, 11) is 1.62. The SMILES string of the molecule is COC(C)c1nc(C)c(C(=O)N(CC(C)O)C(C)C)s1. The molecule has 0 spiro atoms. The van der Waals surface area contributed by atoms with Crippen LogP contribution in [0.4, 0.5) is 0 Å². The van der Waals surface area contributed by atoms with Crippen LogP contribution in [0.25, 0.3) is 0 Å². The number of aryl methyl sites for hydroxylation is 1. The van der Waals surface area contributed by atoms with Gasteiger partial charge in [0.2, 0.25) is 0 Å². The molecule has 0 bridgehead atoms. The molecule has 0 saturated heterocycles. The molecule has 1 heterocycles. The van der Waals surface area contributed by atoms with E-state index in [1.165, 1.54) is 11.3 Å². The summed E-state index contributed by atoms with van der Waals surface area (Å²) in [6.07, 6.45) is -0.670. The van der Waals surface area contributed by atoms with E-state index >= 15 is 0 Å². The first-order chi connectivity index (χ1) is 9.27. The molecule has 0 aliphatic rings. The highest BCUT2D eigenvalue weighted by Crippen LogP contribution is 2.26. The van der Waals surface area contributed by atoms with Gasteiger partial charge >= 0.3 is 0 Å². The number of hydrogen-bond acceptors (Lipinski definition) is 5. The maximum atomic E-state index is 12.6. The number of amides is 1. The van der Waals surface area contributed by atoms with Gasteiger partial charge in [-0.3, -0.25) is 4.79 Å². The number of carbonyl (C=O) groups excluding carboxylic acids is 1. The van der Waals surface area contributed by atoms with Crippen molar-refractivity contribution in [1.82, 2.24) is 9.88 Å². The molecule has 0 aliphatic carbocycles.